The number of phenolic OH excluding ortho intramolecular Hbond substituents is 2. The number of halogens is 2. The summed E-state index contributed by atoms with van der Waals surface area (Å²) in [5.41, 5.74) is 2.68. The van der Waals surface area contributed by atoms with Crippen molar-refractivity contribution in [1.82, 2.24) is 5.43 Å². The van der Waals surface area contributed by atoms with Crippen molar-refractivity contribution in [1.29, 1.82) is 0 Å². The van der Waals surface area contributed by atoms with E-state index in [1.165, 1.54) is 18.3 Å². The summed E-state index contributed by atoms with van der Waals surface area (Å²) in [5.74, 6) is -1.12. The van der Waals surface area contributed by atoms with E-state index in [0.29, 0.717) is 15.6 Å². The van der Waals surface area contributed by atoms with Crippen LogP contribution >= 0.6 is 23.2 Å². The van der Waals surface area contributed by atoms with Gasteiger partial charge in [-0.1, -0.05) is 29.3 Å². The molecular weight excluding hydrogens is 315 g/mol. The average Bonchev–Trinajstić information content (AvgIpc) is 2.42. The van der Waals surface area contributed by atoms with Crippen LogP contribution in [0.4, 0.5) is 0 Å². The molecule has 2 aromatic rings. The van der Waals surface area contributed by atoms with E-state index in [0.717, 1.165) is 6.07 Å². The first kappa shape index (κ1) is 15.2. The van der Waals surface area contributed by atoms with Crippen LogP contribution in [0.15, 0.2) is 41.5 Å². The summed E-state index contributed by atoms with van der Waals surface area (Å²) in [6.07, 6.45) is 1.31. The van der Waals surface area contributed by atoms with Crippen LogP contribution in [-0.2, 0) is 0 Å². The molecule has 0 saturated heterocycles. The number of benzene rings is 2. The molecule has 108 valence electrons. The maximum atomic E-state index is 11.8. The highest BCUT2D eigenvalue weighted by molar-refractivity contribution is 6.38. The van der Waals surface area contributed by atoms with Crippen molar-refractivity contribution < 1.29 is 15.0 Å². The predicted octanol–water partition coefficient (Wildman–Crippen LogP) is 3.17. The molecule has 0 radical (unpaired) electrons. The second kappa shape index (κ2) is 6.47. The third-order valence-corrected chi connectivity index (χ3v) is 3.24. The average molecular weight is 325 g/mol. The summed E-state index contributed by atoms with van der Waals surface area (Å²) in [4.78, 5) is 11.8. The van der Waals surface area contributed by atoms with Gasteiger partial charge >= 0.3 is 0 Å². The number of carbonyl (C=O) groups excluding carboxylic acids is 1. The molecule has 2 aromatic carbocycles. The molecule has 21 heavy (non-hydrogen) atoms. The van der Waals surface area contributed by atoms with E-state index in [1.807, 2.05) is 0 Å². The molecular formula is C14H10Cl2N2O3. The van der Waals surface area contributed by atoms with Crippen LogP contribution in [0.25, 0.3) is 0 Å². The van der Waals surface area contributed by atoms with E-state index in [4.69, 9.17) is 28.3 Å². The fourth-order valence-corrected chi connectivity index (χ4v) is 2.06. The molecule has 1 amide bonds. The maximum Gasteiger partial charge on any atom is 0.275 e. The van der Waals surface area contributed by atoms with Gasteiger partial charge in [-0.3, -0.25) is 4.79 Å². The molecule has 0 aromatic heterocycles. The van der Waals surface area contributed by atoms with Gasteiger partial charge in [0, 0.05) is 11.6 Å². The van der Waals surface area contributed by atoms with Crippen molar-refractivity contribution in [3.8, 4) is 11.5 Å². The van der Waals surface area contributed by atoms with Crippen molar-refractivity contribution in [2.24, 2.45) is 5.10 Å². The molecule has 0 unspecified atom stereocenters. The Hall–Kier alpha value is -2.24. The molecule has 7 heteroatoms. The normalized spacial score (nSPS) is 10.8. The maximum absolute atomic E-state index is 11.8. The Labute approximate surface area is 130 Å². The highest BCUT2D eigenvalue weighted by Crippen LogP contribution is 2.23. The Morgan fingerprint density at radius 2 is 1.81 bits per heavy atom. The van der Waals surface area contributed by atoms with Gasteiger partial charge in [-0.25, -0.2) is 5.43 Å². The third kappa shape index (κ3) is 3.65. The third-order valence-electron chi connectivity index (χ3n) is 2.59. The molecule has 0 spiro atoms. The second-order valence-electron chi connectivity index (χ2n) is 4.04. The molecule has 0 aliphatic heterocycles. The van der Waals surface area contributed by atoms with Gasteiger partial charge in [0.15, 0.2) is 0 Å². The standard InChI is InChI=1S/C14H10Cl2N2O3/c15-11-2-1-3-12(16)10(11)7-17-18-14(21)9-5-4-8(19)6-13(9)20/h1-7,19-20H,(H,18,21). The Bertz CT molecular complexity index is 697. The number of hydrogen-bond acceptors (Lipinski definition) is 4. The zero-order valence-corrected chi connectivity index (χ0v) is 12.1. The van der Waals surface area contributed by atoms with Gasteiger partial charge in [0.05, 0.1) is 21.8 Å². The Balaban J connectivity index is 2.12. The number of amides is 1. The Morgan fingerprint density at radius 3 is 2.43 bits per heavy atom. The lowest BCUT2D eigenvalue weighted by molar-refractivity contribution is 0.0952. The number of hydrazone groups is 1. The summed E-state index contributed by atoms with van der Waals surface area (Å²) in [6, 6.07) is 8.59. The van der Waals surface area contributed by atoms with Crippen LogP contribution in [0.3, 0.4) is 0 Å². The summed E-state index contributed by atoms with van der Waals surface area (Å²) >= 11 is 11.9. The van der Waals surface area contributed by atoms with Gasteiger partial charge in [-0.15, -0.1) is 0 Å². The van der Waals surface area contributed by atoms with Crippen LogP contribution in [-0.4, -0.2) is 22.3 Å². The topological polar surface area (TPSA) is 81.9 Å². The first-order valence-electron chi connectivity index (χ1n) is 5.78. The molecule has 0 aliphatic carbocycles. The molecule has 0 heterocycles. The van der Waals surface area contributed by atoms with Crippen LogP contribution < -0.4 is 5.43 Å². The minimum atomic E-state index is -0.632. The molecule has 2 rings (SSSR count). The molecule has 0 aliphatic rings. The number of nitrogens with zero attached hydrogens (tertiary/aromatic N) is 1. The largest absolute Gasteiger partial charge is 0.508 e. The summed E-state index contributed by atoms with van der Waals surface area (Å²) in [5, 5.41) is 23.2. The lowest BCUT2D eigenvalue weighted by atomic mass is 10.2. The van der Waals surface area contributed by atoms with Crippen molar-refractivity contribution in [3.63, 3.8) is 0 Å². The molecule has 0 saturated carbocycles. The summed E-state index contributed by atoms with van der Waals surface area (Å²) in [7, 11) is 0. The van der Waals surface area contributed by atoms with Crippen LogP contribution in [0.1, 0.15) is 15.9 Å². The summed E-state index contributed by atoms with van der Waals surface area (Å²) in [6.45, 7) is 0. The lowest BCUT2D eigenvalue weighted by Gasteiger charge is -2.04. The number of nitrogens with one attached hydrogen (secondary N) is 1. The monoisotopic (exact) mass is 324 g/mol. The molecule has 0 bridgehead atoms. The highest BCUT2D eigenvalue weighted by Gasteiger charge is 2.10. The van der Waals surface area contributed by atoms with E-state index < -0.39 is 5.91 Å². The zero-order valence-electron chi connectivity index (χ0n) is 10.5. The molecule has 3 N–H and O–H groups in total. The first-order valence-corrected chi connectivity index (χ1v) is 6.54. The van der Waals surface area contributed by atoms with E-state index in [1.54, 1.807) is 18.2 Å². The number of aromatic hydroxyl groups is 2. The smallest absolute Gasteiger partial charge is 0.275 e. The number of hydrogen-bond donors (Lipinski definition) is 3. The molecule has 0 fully saturated rings. The van der Waals surface area contributed by atoms with Gasteiger partial charge in [0.25, 0.3) is 5.91 Å². The SMILES string of the molecule is O=C(NN=Cc1c(Cl)cccc1Cl)c1ccc(O)cc1O. The van der Waals surface area contributed by atoms with E-state index in [-0.39, 0.29) is 17.1 Å². The van der Waals surface area contributed by atoms with Crippen molar-refractivity contribution in [2.45, 2.75) is 0 Å². The zero-order chi connectivity index (χ0) is 15.4. The lowest BCUT2D eigenvalue weighted by Crippen LogP contribution is -2.17. The fourth-order valence-electron chi connectivity index (χ4n) is 1.56. The predicted molar refractivity (Wildman–Crippen MR) is 81.3 cm³/mol. The molecule has 5 nitrogen and oxygen atoms in total. The summed E-state index contributed by atoms with van der Waals surface area (Å²) < 4.78 is 0. The van der Waals surface area contributed by atoms with Crippen LogP contribution in [0.2, 0.25) is 10.0 Å². The van der Waals surface area contributed by atoms with Gasteiger partial charge in [-0.05, 0) is 24.3 Å². The van der Waals surface area contributed by atoms with Gasteiger partial charge < -0.3 is 10.2 Å². The van der Waals surface area contributed by atoms with Crippen molar-refractivity contribution in [3.05, 3.63) is 57.6 Å². The highest BCUT2D eigenvalue weighted by atomic mass is 35.5. The van der Waals surface area contributed by atoms with E-state index >= 15 is 0 Å². The van der Waals surface area contributed by atoms with Gasteiger partial charge in [-0.2, -0.15) is 5.10 Å². The molecule has 0 atom stereocenters. The van der Waals surface area contributed by atoms with E-state index in [9.17, 15) is 9.90 Å². The number of rotatable bonds is 3. The minimum absolute atomic E-state index is 0.0183. The van der Waals surface area contributed by atoms with Gasteiger partial charge in [0.1, 0.15) is 11.5 Å². The fraction of sp³-hybridized carbons (Fsp3) is 0. The van der Waals surface area contributed by atoms with Crippen LogP contribution in [0, 0.1) is 0 Å². The Kier molecular flexibility index (Phi) is 4.67. The number of phenols is 2. The van der Waals surface area contributed by atoms with E-state index in [2.05, 4.69) is 10.5 Å². The minimum Gasteiger partial charge on any atom is -0.508 e. The van der Waals surface area contributed by atoms with Crippen molar-refractivity contribution in [2.75, 3.05) is 0 Å². The van der Waals surface area contributed by atoms with Crippen molar-refractivity contribution >= 4 is 35.3 Å². The second-order valence-corrected chi connectivity index (χ2v) is 4.85. The first-order chi connectivity index (χ1) is 9.99. The van der Waals surface area contributed by atoms with Crippen LogP contribution in [0.5, 0.6) is 11.5 Å². The number of carbonyl (C=O) groups is 1. The van der Waals surface area contributed by atoms with Gasteiger partial charge in [0.2, 0.25) is 0 Å². The quantitative estimate of drug-likeness (QED) is 0.599. The Morgan fingerprint density at radius 1 is 1.14 bits per heavy atom.